The third kappa shape index (κ3) is 4.49. The van der Waals surface area contributed by atoms with Crippen LogP contribution in [-0.4, -0.2) is 11.0 Å². The fraction of sp³-hybridized carbons (Fsp3) is 0. The number of halogens is 3. The zero-order valence-corrected chi connectivity index (χ0v) is 14.6. The summed E-state index contributed by atoms with van der Waals surface area (Å²) in [7, 11) is 0. The van der Waals surface area contributed by atoms with E-state index in [4.69, 9.17) is 23.2 Å². The number of hydrogen-bond acceptors (Lipinski definition) is 3. The highest BCUT2D eigenvalue weighted by Gasteiger charge is 2.11. The molecule has 0 saturated heterocycles. The van der Waals surface area contributed by atoms with Crippen molar-refractivity contribution in [2.24, 2.45) is 0 Å². The van der Waals surface area contributed by atoms with Crippen molar-refractivity contribution in [3.05, 3.63) is 62.1 Å². The highest BCUT2D eigenvalue weighted by molar-refractivity contribution is 9.10. The smallest absolute Gasteiger partial charge is 0.266 e. The number of anilines is 1. The van der Waals surface area contributed by atoms with E-state index in [0.29, 0.717) is 11.3 Å². The lowest BCUT2D eigenvalue weighted by Crippen LogP contribution is -2.13. The van der Waals surface area contributed by atoms with Crippen molar-refractivity contribution in [2.45, 2.75) is 0 Å². The molecule has 0 radical (unpaired) electrons. The van der Waals surface area contributed by atoms with E-state index in [1.54, 1.807) is 24.3 Å². The van der Waals surface area contributed by atoms with E-state index in [-0.39, 0.29) is 21.4 Å². The van der Waals surface area contributed by atoms with Crippen LogP contribution in [0.5, 0.6) is 5.75 Å². The number of nitriles is 1. The third-order valence-electron chi connectivity index (χ3n) is 2.82. The van der Waals surface area contributed by atoms with Crippen molar-refractivity contribution < 1.29 is 9.90 Å². The molecule has 0 atom stereocenters. The van der Waals surface area contributed by atoms with Gasteiger partial charge in [-0.15, -0.1) is 0 Å². The Hall–Kier alpha value is -2.00. The molecule has 0 saturated carbocycles. The lowest BCUT2D eigenvalue weighted by Gasteiger charge is -2.05. The molecule has 0 heterocycles. The highest BCUT2D eigenvalue weighted by atomic mass is 79.9. The number of hydrogen-bond donors (Lipinski definition) is 2. The quantitative estimate of drug-likeness (QED) is 0.550. The number of carbonyl (C=O) groups is 1. The number of nitrogens with zero attached hydrogens (tertiary/aromatic N) is 1. The molecule has 116 valence electrons. The van der Waals surface area contributed by atoms with Crippen LogP contribution in [0.2, 0.25) is 10.0 Å². The average Bonchev–Trinajstić information content (AvgIpc) is 2.52. The van der Waals surface area contributed by atoms with E-state index in [2.05, 4.69) is 21.2 Å². The average molecular weight is 412 g/mol. The van der Waals surface area contributed by atoms with E-state index in [9.17, 15) is 15.2 Å². The molecule has 0 unspecified atom stereocenters. The van der Waals surface area contributed by atoms with Gasteiger partial charge in [-0.2, -0.15) is 5.26 Å². The first-order valence-corrected chi connectivity index (χ1v) is 7.82. The maximum Gasteiger partial charge on any atom is 0.266 e. The van der Waals surface area contributed by atoms with Crippen LogP contribution in [0.25, 0.3) is 6.08 Å². The molecular formula is C16H9BrCl2N2O2. The van der Waals surface area contributed by atoms with Crippen LogP contribution in [-0.2, 0) is 4.79 Å². The minimum atomic E-state index is -0.560. The molecule has 0 bridgehead atoms. The van der Waals surface area contributed by atoms with Crippen LogP contribution in [0.1, 0.15) is 5.56 Å². The normalized spacial score (nSPS) is 11.0. The fourth-order valence-electron chi connectivity index (χ4n) is 1.72. The third-order valence-corrected chi connectivity index (χ3v) is 3.92. The Bertz CT molecular complexity index is 804. The number of benzene rings is 2. The molecule has 2 aromatic carbocycles. The van der Waals surface area contributed by atoms with Crippen molar-refractivity contribution in [2.75, 3.05) is 5.32 Å². The summed E-state index contributed by atoms with van der Waals surface area (Å²) in [5.74, 6) is -0.807. The predicted octanol–water partition coefficient (Wildman–Crippen LogP) is 5.01. The van der Waals surface area contributed by atoms with E-state index in [1.165, 1.54) is 18.2 Å². The van der Waals surface area contributed by atoms with E-state index < -0.39 is 5.91 Å². The number of nitrogens with one attached hydrogen (secondary N) is 1. The number of aromatic hydroxyl groups is 1. The summed E-state index contributed by atoms with van der Waals surface area (Å²) in [5.41, 5.74) is 0.868. The second-order valence-electron chi connectivity index (χ2n) is 4.46. The van der Waals surface area contributed by atoms with Crippen LogP contribution in [0.3, 0.4) is 0 Å². The number of rotatable bonds is 3. The van der Waals surface area contributed by atoms with Gasteiger partial charge in [0, 0.05) is 10.2 Å². The Kier molecular flexibility index (Phi) is 5.67. The van der Waals surface area contributed by atoms with Gasteiger partial charge in [0.05, 0.1) is 10.0 Å². The van der Waals surface area contributed by atoms with Crippen LogP contribution < -0.4 is 5.32 Å². The maximum absolute atomic E-state index is 12.1. The molecular weight excluding hydrogens is 403 g/mol. The summed E-state index contributed by atoms with van der Waals surface area (Å²) in [4.78, 5) is 12.1. The number of amides is 1. The fourth-order valence-corrected chi connectivity index (χ4v) is 2.48. The van der Waals surface area contributed by atoms with Gasteiger partial charge >= 0.3 is 0 Å². The molecule has 0 aromatic heterocycles. The standard InChI is InChI=1S/C16H9BrCl2N2O2/c17-11-1-3-12(4-2-11)21-16(23)10(8-20)5-9-6-13(18)15(22)14(19)7-9/h1-7,22H,(H,21,23)/b10-5-. The van der Waals surface area contributed by atoms with Crippen LogP contribution in [0, 0.1) is 11.3 Å². The first kappa shape index (κ1) is 17.4. The summed E-state index contributed by atoms with van der Waals surface area (Å²) in [6.07, 6.45) is 1.34. The molecule has 0 aliphatic heterocycles. The molecule has 2 aromatic rings. The van der Waals surface area contributed by atoms with Crippen molar-refractivity contribution in [1.82, 2.24) is 0 Å². The van der Waals surface area contributed by atoms with E-state index in [1.807, 2.05) is 6.07 Å². The molecule has 2 N–H and O–H groups in total. The lowest BCUT2D eigenvalue weighted by molar-refractivity contribution is -0.112. The van der Waals surface area contributed by atoms with Crippen LogP contribution >= 0.6 is 39.1 Å². The summed E-state index contributed by atoms with van der Waals surface area (Å²) in [6, 6.07) is 11.6. The number of carbonyl (C=O) groups excluding carboxylic acids is 1. The van der Waals surface area contributed by atoms with Gasteiger partial charge < -0.3 is 10.4 Å². The molecule has 4 nitrogen and oxygen atoms in total. The molecule has 0 aliphatic rings. The van der Waals surface area contributed by atoms with Gasteiger partial charge in [-0.1, -0.05) is 39.1 Å². The SMILES string of the molecule is N#C/C(=C/c1cc(Cl)c(O)c(Cl)c1)C(=O)Nc1ccc(Br)cc1. The minimum absolute atomic E-state index is 0.0364. The Balaban J connectivity index is 2.26. The number of phenolic OH excluding ortho intramolecular Hbond substituents is 1. The Labute approximate surface area is 151 Å². The highest BCUT2D eigenvalue weighted by Crippen LogP contribution is 2.33. The zero-order valence-electron chi connectivity index (χ0n) is 11.5. The molecule has 1 amide bonds. The second kappa shape index (κ2) is 7.51. The van der Waals surface area contributed by atoms with Gasteiger partial charge in [0.2, 0.25) is 0 Å². The minimum Gasteiger partial charge on any atom is -0.505 e. The van der Waals surface area contributed by atoms with Gasteiger partial charge in [-0.05, 0) is 48.0 Å². The molecule has 23 heavy (non-hydrogen) atoms. The van der Waals surface area contributed by atoms with Crippen molar-refractivity contribution in [3.8, 4) is 11.8 Å². The summed E-state index contributed by atoms with van der Waals surface area (Å²) in [5, 5.41) is 21.4. The largest absolute Gasteiger partial charge is 0.505 e. The zero-order chi connectivity index (χ0) is 17.0. The van der Waals surface area contributed by atoms with Crippen molar-refractivity contribution >= 4 is 56.8 Å². The summed E-state index contributed by atoms with van der Waals surface area (Å²) in [6.45, 7) is 0. The second-order valence-corrected chi connectivity index (χ2v) is 6.19. The Morgan fingerprint density at radius 3 is 2.30 bits per heavy atom. The van der Waals surface area contributed by atoms with Gasteiger partial charge in [-0.25, -0.2) is 0 Å². The van der Waals surface area contributed by atoms with Crippen molar-refractivity contribution in [1.29, 1.82) is 5.26 Å². The Morgan fingerprint density at radius 2 is 1.78 bits per heavy atom. The molecule has 0 aliphatic carbocycles. The van der Waals surface area contributed by atoms with Crippen LogP contribution in [0.15, 0.2) is 46.4 Å². The van der Waals surface area contributed by atoms with Gasteiger partial charge in [0.1, 0.15) is 11.6 Å². The summed E-state index contributed by atoms with van der Waals surface area (Å²) >= 11 is 14.9. The van der Waals surface area contributed by atoms with Gasteiger partial charge in [0.25, 0.3) is 5.91 Å². The first-order valence-electron chi connectivity index (χ1n) is 6.27. The van der Waals surface area contributed by atoms with Gasteiger partial charge in [-0.3, -0.25) is 4.79 Å². The molecule has 0 fully saturated rings. The van der Waals surface area contributed by atoms with E-state index in [0.717, 1.165) is 4.47 Å². The number of phenols is 1. The molecule has 2 rings (SSSR count). The predicted molar refractivity (Wildman–Crippen MR) is 94.5 cm³/mol. The lowest BCUT2D eigenvalue weighted by atomic mass is 10.1. The Morgan fingerprint density at radius 1 is 1.22 bits per heavy atom. The first-order chi connectivity index (χ1) is 10.9. The van der Waals surface area contributed by atoms with Gasteiger partial charge in [0.15, 0.2) is 5.75 Å². The van der Waals surface area contributed by atoms with Crippen molar-refractivity contribution in [3.63, 3.8) is 0 Å². The van der Waals surface area contributed by atoms with E-state index >= 15 is 0 Å². The topological polar surface area (TPSA) is 73.1 Å². The maximum atomic E-state index is 12.1. The molecule has 0 spiro atoms. The van der Waals surface area contributed by atoms with Crippen LogP contribution in [0.4, 0.5) is 5.69 Å². The molecule has 7 heteroatoms. The monoisotopic (exact) mass is 410 g/mol. The summed E-state index contributed by atoms with van der Waals surface area (Å²) < 4.78 is 0.875.